The highest BCUT2D eigenvalue weighted by molar-refractivity contribution is 5.98. The summed E-state index contributed by atoms with van der Waals surface area (Å²) in [5.41, 5.74) is 2.64. The van der Waals surface area contributed by atoms with Gasteiger partial charge in [-0.25, -0.2) is 0 Å². The number of nitro benzene ring substituents is 1. The number of carbonyl (C=O) groups excluding carboxylic acids is 1. The van der Waals surface area contributed by atoms with E-state index in [-0.39, 0.29) is 17.3 Å². The maximum Gasteiger partial charge on any atom is 0.282 e. The highest BCUT2D eigenvalue weighted by Gasteiger charge is 2.23. The minimum atomic E-state index is -0.528. The fourth-order valence-electron chi connectivity index (χ4n) is 3.18. The molecule has 2 aromatic carbocycles. The average Bonchev–Trinajstić information content (AvgIpc) is 2.65. The van der Waals surface area contributed by atoms with E-state index in [1.54, 1.807) is 12.1 Å². The van der Waals surface area contributed by atoms with Gasteiger partial charge < -0.3 is 5.32 Å². The summed E-state index contributed by atoms with van der Waals surface area (Å²) in [6, 6.07) is 14.6. The van der Waals surface area contributed by atoms with Gasteiger partial charge in [0.05, 0.1) is 4.92 Å². The van der Waals surface area contributed by atoms with E-state index in [4.69, 9.17) is 0 Å². The van der Waals surface area contributed by atoms with Gasteiger partial charge in [0.1, 0.15) is 5.56 Å². The third-order valence-corrected chi connectivity index (χ3v) is 4.69. The molecule has 0 aliphatic carbocycles. The largest absolute Gasteiger partial charge is 0.350 e. The smallest absolute Gasteiger partial charge is 0.282 e. The molecule has 130 valence electrons. The lowest BCUT2D eigenvalue weighted by Gasteiger charge is -2.33. The number of hydrogen-bond acceptors (Lipinski definition) is 4. The van der Waals surface area contributed by atoms with Gasteiger partial charge in [-0.1, -0.05) is 36.4 Å². The number of benzene rings is 2. The average molecular weight is 339 g/mol. The van der Waals surface area contributed by atoms with Gasteiger partial charge in [-0.15, -0.1) is 0 Å². The summed E-state index contributed by atoms with van der Waals surface area (Å²) in [5.74, 6) is -0.406. The van der Waals surface area contributed by atoms with Gasteiger partial charge in [0.15, 0.2) is 0 Å². The Balaban J connectivity index is 1.61. The normalized spacial score (nSPS) is 15.2. The zero-order valence-electron chi connectivity index (χ0n) is 14.1. The van der Waals surface area contributed by atoms with E-state index in [0.29, 0.717) is 6.54 Å². The predicted molar refractivity (Wildman–Crippen MR) is 95.4 cm³/mol. The number of hydrogen-bond donors (Lipinski definition) is 1. The first kappa shape index (κ1) is 17.1. The molecule has 6 heteroatoms. The van der Waals surface area contributed by atoms with Crippen LogP contribution in [0.15, 0.2) is 48.5 Å². The molecule has 1 amide bonds. The molecule has 1 heterocycles. The maximum atomic E-state index is 12.3. The first-order valence-electron chi connectivity index (χ1n) is 8.38. The molecule has 1 N–H and O–H groups in total. The summed E-state index contributed by atoms with van der Waals surface area (Å²) in [6.07, 6.45) is 0.999. The predicted octanol–water partition coefficient (Wildman–Crippen LogP) is 2.77. The number of rotatable bonds is 5. The lowest BCUT2D eigenvalue weighted by molar-refractivity contribution is -0.385. The highest BCUT2D eigenvalue weighted by atomic mass is 16.6. The Kier molecular flexibility index (Phi) is 5.09. The van der Waals surface area contributed by atoms with Gasteiger partial charge in [-0.2, -0.15) is 0 Å². The van der Waals surface area contributed by atoms with E-state index in [1.807, 2.05) is 6.07 Å². The van der Waals surface area contributed by atoms with Crippen molar-refractivity contribution in [3.8, 4) is 0 Å². The van der Waals surface area contributed by atoms with Crippen molar-refractivity contribution in [2.75, 3.05) is 13.1 Å². The SMILES string of the molecule is C[C@H](CNC(=O)c1ccccc1[N+](=O)[O-])N1CCc2ccccc2C1. The van der Waals surface area contributed by atoms with Gasteiger partial charge in [0.25, 0.3) is 11.6 Å². The summed E-state index contributed by atoms with van der Waals surface area (Å²) in [6.45, 7) is 4.32. The first-order chi connectivity index (χ1) is 12.1. The molecule has 25 heavy (non-hydrogen) atoms. The second-order valence-electron chi connectivity index (χ2n) is 6.32. The van der Waals surface area contributed by atoms with Crippen LogP contribution < -0.4 is 5.32 Å². The topological polar surface area (TPSA) is 75.5 Å². The summed E-state index contributed by atoms with van der Waals surface area (Å²) in [7, 11) is 0. The summed E-state index contributed by atoms with van der Waals surface area (Å²) < 4.78 is 0. The summed E-state index contributed by atoms with van der Waals surface area (Å²) in [4.78, 5) is 25.2. The zero-order valence-corrected chi connectivity index (χ0v) is 14.1. The summed E-state index contributed by atoms with van der Waals surface area (Å²) in [5, 5.41) is 13.9. The van der Waals surface area contributed by atoms with E-state index in [1.165, 1.54) is 23.3 Å². The molecule has 6 nitrogen and oxygen atoms in total. The lowest BCUT2D eigenvalue weighted by atomic mass is 9.99. The molecule has 2 aromatic rings. The Bertz CT molecular complexity index is 791. The number of amides is 1. The molecular weight excluding hydrogens is 318 g/mol. The van der Waals surface area contributed by atoms with Crippen LogP contribution in [0.4, 0.5) is 5.69 Å². The van der Waals surface area contributed by atoms with Crippen LogP contribution in [0.1, 0.15) is 28.4 Å². The van der Waals surface area contributed by atoms with E-state index in [0.717, 1.165) is 19.5 Å². The standard InChI is InChI=1S/C19H21N3O3/c1-14(21-11-10-15-6-2-3-7-16(15)13-21)12-20-19(23)17-8-4-5-9-18(17)22(24)25/h2-9,14H,10-13H2,1H3,(H,20,23)/t14-/m1/s1. The van der Waals surface area contributed by atoms with Crippen LogP contribution in [-0.2, 0) is 13.0 Å². The van der Waals surface area contributed by atoms with E-state index < -0.39 is 10.8 Å². The monoisotopic (exact) mass is 339 g/mol. The van der Waals surface area contributed by atoms with Crippen molar-refractivity contribution in [3.05, 3.63) is 75.3 Å². The molecule has 1 atom stereocenters. The quantitative estimate of drug-likeness (QED) is 0.671. The maximum absolute atomic E-state index is 12.3. The Labute approximate surface area is 146 Å². The van der Waals surface area contributed by atoms with Crippen molar-refractivity contribution in [2.24, 2.45) is 0 Å². The molecule has 0 saturated carbocycles. The fourth-order valence-corrected chi connectivity index (χ4v) is 3.18. The number of nitro groups is 1. The Morgan fingerprint density at radius 1 is 1.20 bits per heavy atom. The number of carbonyl (C=O) groups is 1. The molecule has 0 saturated heterocycles. The number of nitrogens with one attached hydrogen (secondary N) is 1. The fraction of sp³-hybridized carbons (Fsp3) is 0.316. The third kappa shape index (κ3) is 3.85. The zero-order chi connectivity index (χ0) is 17.8. The second-order valence-corrected chi connectivity index (χ2v) is 6.32. The minimum Gasteiger partial charge on any atom is -0.350 e. The number of nitrogens with zero attached hydrogens (tertiary/aromatic N) is 2. The first-order valence-corrected chi connectivity index (χ1v) is 8.38. The molecule has 0 radical (unpaired) electrons. The van der Waals surface area contributed by atoms with Crippen LogP contribution in [0, 0.1) is 10.1 Å². The second kappa shape index (κ2) is 7.44. The van der Waals surface area contributed by atoms with Crippen molar-refractivity contribution in [1.29, 1.82) is 0 Å². The Hall–Kier alpha value is -2.73. The van der Waals surface area contributed by atoms with Gasteiger partial charge in [-0.3, -0.25) is 19.8 Å². The molecular formula is C19H21N3O3. The molecule has 0 fully saturated rings. The number of para-hydroxylation sites is 1. The van der Waals surface area contributed by atoms with Crippen molar-refractivity contribution < 1.29 is 9.72 Å². The van der Waals surface area contributed by atoms with Crippen molar-refractivity contribution >= 4 is 11.6 Å². The molecule has 0 bridgehead atoms. The van der Waals surface area contributed by atoms with E-state index in [2.05, 4.69) is 35.3 Å². The molecule has 3 rings (SSSR count). The van der Waals surface area contributed by atoms with Crippen LogP contribution in [0.25, 0.3) is 0 Å². The van der Waals surface area contributed by atoms with Crippen molar-refractivity contribution in [3.63, 3.8) is 0 Å². The van der Waals surface area contributed by atoms with Gasteiger partial charge in [0, 0.05) is 31.7 Å². The van der Waals surface area contributed by atoms with Gasteiger partial charge >= 0.3 is 0 Å². The van der Waals surface area contributed by atoms with Crippen molar-refractivity contribution in [2.45, 2.75) is 25.9 Å². The summed E-state index contributed by atoms with van der Waals surface area (Å²) >= 11 is 0. The molecule has 0 aromatic heterocycles. The molecule has 1 aliphatic heterocycles. The van der Waals surface area contributed by atoms with Gasteiger partial charge in [0.2, 0.25) is 0 Å². The van der Waals surface area contributed by atoms with Crippen LogP contribution >= 0.6 is 0 Å². The molecule has 1 aliphatic rings. The molecule has 0 spiro atoms. The highest BCUT2D eigenvalue weighted by Crippen LogP contribution is 2.20. The number of fused-ring (bicyclic) bond motifs is 1. The van der Waals surface area contributed by atoms with Crippen LogP contribution in [-0.4, -0.2) is 34.9 Å². The van der Waals surface area contributed by atoms with Crippen LogP contribution in [0.3, 0.4) is 0 Å². The van der Waals surface area contributed by atoms with E-state index >= 15 is 0 Å². The van der Waals surface area contributed by atoms with E-state index in [9.17, 15) is 14.9 Å². The minimum absolute atomic E-state index is 0.101. The Morgan fingerprint density at radius 2 is 1.88 bits per heavy atom. The lowest BCUT2D eigenvalue weighted by Crippen LogP contribution is -2.44. The Morgan fingerprint density at radius 3 is 2.64 bits per heavy atom. The van der Waals surface area contributed by atoms with Crippen LogP contribution in [0.2, 0.25) is 0 Å². The van der Waals surface area contributed by atoms with Crippen LogP contribution in [0.5, 0.6) is 0 Å². The third-order valence-electron chi connectivity index (χ3n) is 4.69. The van der Waals surface area contributed by atoms with Crippen molar-refractivity contribution in [1.82, 2.24) is 10.2 Å². The molecule has 0 unspecified atom stereocenters. The van der Waals surface area contributed by atoms with Gasteiger partial charge in [-0.05, 0) is 30.5 Å².